The molecule has 0 heterocycles. The van der Waals surface area contributed by atoms with Crippen molar-refractivity contribution in [2.45, 2.75) is 6.61 Å². The van der Waals surface area contributed by atoms with Crippen LogP contribution in [0.4, 0.5) is 5.69 Å². The summed E-state index contributed by atoms with van der Waals surface area (Å²) in [5.41, 5.74) is 1.95. The van der Waals surface area contributed by atoms with Gasteiger partial charge in [0.05, 0.1) is 4.47 Å². The van der Waals surface area contributed by atoms with Crippen molar-refractivity contribution in [1.29, 1.82) is 5.26 Å². The molecule has 0 aliphatic heterocycles. The van der Waals surface area contributed by atoms with Crippen molar-refractivity contribution in [2.24, 2.45) is 0 Å². The Morgan fingerprint density at radius 1 is 1.10 bits per heavy atom. The topological polar surface area (TPSA) is 62.1 Å². The largest absolute Gasteiger partial charge is 0.487 e. The highest BCUT2D eigenvalue weighted by Crippen LogP contribution is 2.35. The molecule has 7 heteroatoms. The van der Waals surface area contributed by atoms with E-state index in [0.717, 1.165) is 10.0 Å². The Morgan fingerprint density at radius 2 is 1.80 bits per heavy atom. The quantitative estimate of drug-likeness (QED) is 0.268. The lowest BCUT2D eigenvalue weighted by molar-refractivity contribution is -0.112. The van der Waals surface area contributed by atoms with Crippen molar-refractivity contribution in [3.05, 3.63) is 97.4 Å². The molecule has 0 saturated carbocycles. The van der Waals surface area contributed by atoms with Crippen molar-refractivity contribution in [1.82, 2.24) is 0 Å². The lowest BCUT2D eigenvalue weighted by atomic mass is 10.1. The molecule has 1 N–H and O–H groups in total. The average molecular weight is 547 g/mol. The van der Waals surface area contributed by atoms with Crippen LogP contribution >= 0.6 is 43.5 Å². The summed E-state index contributed by atoms with van der Waals surface area (Å²) in [7, 11) is 0. The Kier molecular flexibility index (Phi) is 7.69. The third-order valence-corrected chi connectivity index (χ3v) is 5.48. The number of rotatable bonds is 6. The fourth-order valence-electron chi connectivity index (χ4n) is 2.63. The molecule has 0 unspecified atom stereocenters. The number of benzene rings is 3. The highest BCUT2D eigenvalue weighted by Gasteiger charge is 2.15. The van der Waals surface area contributed by atoms with Gasteiger partial charge in [0, 0.05) is 26.3 Å². The number of halogens is 3. The van der Waals surface area contributed by atoms with Crippen LogP contribution in [0.5, 0.6) is 5.75 Å². The van der Waals surface area contributed by atoms with Gasteiger partial charge in [-0.15, -0.1) is 0 Å². The fourth-order valence-corrected chi connectivity index (χ4v) is 4.19. The summed E-state index contributed by atoms with van der Waals surface area (Å²) < 4.78 is 7.44. The Morgan fingerprint density at radius 3 is 2.50 bits per heavy atom. The molecule has 0 fully saturated rings. The van der Waals surface area contributed by atoms with E-state index in [9.17, 15) is 10.1 Å². The van der Waals surface area contributed by atoms with E-state index in [2.05, 4.69) is 37.2 Å². The minimum atomic E-state index is -0.503. The van der Waals surface area contributed by atoms with Crippen molar-refractivity contribution in [3.63, 3.8) is 0 Å². The molecule has 3 aromatic carbocycles. The van der Waals surface area contributed by atoms with E-state index in [1.165, 1.54) is 6.08 Å². The molecule has 30 heavy (non-hydrogen) atoms. The van der Waals surface area contributed by atoms with Crippen LogP contribution in [0.25, 0.3) is 6.08 Å². The normalized spacial score (nSPS) is 10.9. The first-order chi connectivity index (χ1) is 14.5. The van der Waals surface area contributed by atoms with Gasteiger partial charge in [0.1, 0.15) is 24.0 Å². The predicted octanol–water partition coefficient (Wildman–Crippen LogP) is 6.99. The molecule has 0 aliphatic rings. The number of hydrogen-bond acceptors (Lipinski definition) is 3. The van der Waals surface area contributed by atoms with Gasteiger partial charge in [-0.2, -0.15) is 5.26 Å². The Balaban J connectivity index is 1.90. The maximum Gasteiger partial charge on any atom is 0.266 e. The lowest BCUT2D eigenvalue weighted by Crippen LogP contribution is -2.13. The Bertz CT molecular complexity index is 1140. The van der Waals surface area contributed by atoms with Gasteiger partial charge < -0.3 is 10.1 Å². The maximum atomic E-state index is 12.6. The minimum Gasteiger partial charge on any atom is -0.487 e. The first-order valence-electron chi connectivity index (χ1n) is 8.81. The summed E-state index contributed by atoms with van der Waals surface area (Å²) in [4.78, 5) is 12.6. The van der Waals surface area contributed by atoms with Gasteiger partial charge in [-0.3, -0.25) is 4.79 Å². The van der Waals surface area contributed by atoms with Crippen LogP contribution in [0.3, 0.4) is 0 Å². The number of ether oxygens (including phenoxy) is 1. The zero-order chi connectivity index (χ0) is 21.5. The Labute approximate surface area is 196 Å². The molecule has 0 bridgehead atoms. The smallest absolute Gasteiger partial charge is 0.266 e. The monoisotopic (exact) mass is 544 g/mol. The summed E-state index contributed by atoms with van der Waals surface area (Å²) in [6.45, 7) is 0.235. The van der Waals surface area contributed by atoms with Crippen molar-refractivity contribution < 1.29 is 9.53 Å². The third kappa shape index (κ3) is 5.73. The third-order valence-electron chi connectivity index (χ3n) is 4.06. The summed E-state index contributed by atoms with van der Waals surface area (Å²) >= 11 is 13.1. The zero-order valence-electron chi connectivity index (χ0n) is 15.5. The lowest BCUT2D eigenvalue weighted by Gasteiger charge is -2.13. The number of nitriles is 1. The molecule has 3 rings (SSSR count). The zero-order valence-corrected chi connectivity index (χ0v) is 19.5. The van der Waals surface area contributed by atoms with Gasteiger partial charge in [-0.05, 0) is 52.3 Å². The van der Waals surface area contributed by atoms with Gasteiger partial charge in [0.25, 0.3) is 5.91 Å². The number of amides is 1. The summed E-state index contributed by atoms with van der Waals surface area (Å²) in [5, 5.41) is 12.9. The van der Waals surface area contributed by atoms with Crippen LogP contribution in [-0.4, -0.2) is 5.91 Å². The molecule has 150 valence electrons. The number of nitrogens with one attached hydrogen (secondary N) is 1. The van der Waals surface area contributed by atoms with E-state index in [4.69, 9.17) is 16.3 Å². The van der Waals surface area contributed by atoms with E-state index in [1.54, 1.807) is 36.4 Å². The maximum absolute atomic E-state index is 12.6. The van der Waals surface area contributed by atoms with Crippen molar-refractivity contribution in [3.8, 4) is 11.8 Å². The highest BCUT2D eigenvalue weighted by molar-refractivity contribution is 9.11. The number of hydrogen-bond donors (Lipinski definition) is 1. The van der Waals surface area contributed by atoms with Gasteiger partial charge in [-0.1, -0.05) is 63.9 Å². The molecule has 0 spiro atoms. The van der Waals surface area contributed by atoms with Crippen molar-refractivity contribution >= 4 is 61.1 Å². The van der Waals surface area contributed by atoms with E-state index in [1.807, 2.05) is 36.4 Å². The molecular weight excluding hydrogens is 532 g/mol. The number of nitrogens with zero attached hydrogens (tertiary/aromatic N) is 1. The van der Waals surface area contributed by atoms with Crippen molar-refractivity contribution in [2.75, 3.05) is 5.32 Å². The van der Waals surface area contributed by atoms with Crippen LogP contribution in [0.15, 0.2) is 81.2 Å². The summed E-state index contributed by atoms with van der Waals surface area (Å²) in [6.07, 6.45) is 1.50. The number of carbonyl (C=O) groups excluding carboxylic acids is 1. The number of anilines is 1. The fraction of sp³-hybridized carbons (Fsp3) is 0.0435. The van der Waals surface area contributed by atoms with Gasteiger partial charge in [0.2, 0.25) is 0 Å². The SMILES string of the molecule is N#C/C(=C\c1cc(Br)cc(Br)c1OCc1ccccc1Cl)C(=O)Nc1ccccc1. The standard InChI is InChI=1S/C23H15Br2ClN2O2/c24-18-11-16(10-17(13-27)23(29)28-19-7-2-1-3-8-19)22(20(25)12-18)30-14-15-6-4-5-9-21(15)26/h1-12H,14H2,(H,28,29)/b17-10+. The molecular formula is C23H15Br2ClN2O2. The number of carbonyl (C=O) groups is 1. The second-order valence-corrected chi connectivity index (χ2v) is 8.35. The first-order valence-corrected chi connectivity index (χ1v) is 10.8. The van der Waals surface area contributed by atoms with Gasteiger partial charge in [0.15, 0.2) is 0 Å². The first kappa shape index (κ1) is 22.1. The van der Waals surface area contributed by atoms with Crippen LogP contribution in [0.1, 0.15) is 11.1 Å². The van der Waals surface area contributed by atoms with Gasteiger partial charge in [-0.25, -0.2) is 0 Å². The second kappa shape index (κ2) is 10.4. The molecule has 0 aliphatic carbocycles. The van der Waals surface area contributed by atoms with E-state index < -0.39 is 5.91 Å². The van der Waals surface area contributed by atoms with E-state index in [-0.39, 0.29) is 12.2 Å². The molecule has 1 amide bonds. The molecule has 0 saturated heterocycles. The summed E-state index contributed by atoms with van der Waals surface area (Å²) in [5.74, 6) is -0.00441. The van der Waals surface area contributed by atoms with Crippen LogP contribution < -0.4 is 10.1 Å². The predicted molar refractivity (Wildman–Crippen MR) is 126 cm³/mol. The van der Waals surface area contributed by atoms with Crippen LogP contribution in [0.2, 0.25) is 5.02 Å². The van der Waals surface area contributed by atoms with E-state index >= 15 is 0 Å². The minimum absolute atomic E-state index is 0.0496. The number of para-hydroxylation sites is 1. The van der Waals surface area contributed by atoms with Gasteiger partial charge >= 0.3 is 0 Å². The molecule has 0 atom stereocenters. The molecule has 0 radical (unpaired) electrons. The van der Waals surface area contributed by atoms with Crippen LogP contribution in [0, 0.1) is 11.3 Å². The molecule has 0 aromatic heterocycles. The van der Waals surface area contributed by atoms with E-state index in [0.29, 0.717) is 26.5 Å². The second-order valence-electron chi connectivity index (χ2n) is 6.18. The average Bonchev–Trinajstić information content (AvgIpc) is 2.73. The molecule has 4 nitrogen and oxygen atoms in total. The molecule has 3 aromatic rings. The Hall–Kier alpha value is -2.59. The highest BCUT2D eigenvalue weighted by atomic mass is 79.9. The summed E-state index contributed by atoms with van der Waals surface area (Å²) in [6, 6.07) is 21.9. The van der Waals surface area contributed by atoms with Crippen LogP contribution in [-0.2, 0) is 11.4 Å².